The van der Waals surface area contributed by atoms with Gasteiger partial charge in [-0.25, -0.2) is 9.07 Å². The van der Waals surface area contributed by atoms with Crippen LogP contribution in [0.4, 0.5) is 4.39 Å². The number of ether oxygens (including phenoxy) is 1. The molecular formula is C11H12FN5O. The van der Waals surface area contributed by atoms with Crippen molar-refractivity contribution < 1.29 is 9.13 Å². The third-order valence-electron chi connectivity index (χ3n) is 2.34. The van der Waals surface area contributed by atoms with Gasteiger partial charge in [-0.2, -0.15) is 4.98 Å². The molecule has 0 aliphatic carbocycles. The SMILES string of the molecule is COc1nc(C(=N)N)nn1Cc1ccccc1F. The van der Waals surface area contributed by atoms with Crippen molar-refractivity contribution in [1.82, 2.24) is 14.8 Å². The highest BCUT2D eigenvalue weighted by Crippen LogP contribution is 2.13. The van der Waals surface area contributed by atoms with Crippen molar-refractivity contribution in [1.29, 1.82) is 5.41 Å². The van der Waals surface area contributed by atoms with Crippen LogP contribution in [0.3, 0.4) is 0 Å². The molecule has 6 nitrogen and oxygen atoms in total. The van der Waals surface area contributed by atoms with Crippen LogP contribution >= 0.6 is 0 Å². The molecule has 0 amide bonds. The molecule has 0 radical (unpaired) electrons. The maximum absolute atomic E-state index is 13.5. The zero-order chi connectivity index (χ0) is 13.1. The second-order valence-corrected chi connectivity index (χ2v) is 3.58. The first kappa shape index (κ1) is 12.0. The summed E-state index contributed by atoms with van der Waals surface area (Å²) in [7, 11) is 1.42. The molecule has 3 N–H and O–H groups in total. The van der Waals surface area contributed by atoms with Crippen molar-refractivity contribution in [3.63, 3.8) is 0 Å². The summed E-state index contributed by atoms with van der Waals surface area (Å²) in [6.07, 6.45) is 0. The predicted molar refractivity (Wildman–Crippen MR) is 63.1 cm³/mol. The Kier molecular flexibility index (Phi) is 3.22. The van der Waals surface area contributed by atoms with Gasteiger partial charge in [0.1, 0.15) is 5.82 Å². The maximum Gasteiger partial charge on any atom is 0.315 e. The number of methoxy groups -OCH3 is 1. The van der Waals surface area contributed by atoms with E-state index in [1.807, 2.05) is 0 Å². The highest BCUT2D eigenvalue weighted by molar-refractivity contribution is 5.91. The van der Waals surface area contributed by atoms with Crippen LogP contribution in [0.1, 0.15) is 11.4 Å². The summed E-state index contributed by atoms with van der Waals surface area (Å²) < 4.78 is 19.9. The van der Waals surface area contributed by atoms with Crippen LogP contribution in [0.15, 0.2) is 24.3 Å². The van der Waals surface area contributed by atoms with E-state index >= 15 is 0 Å². The summed E-state index contributed by atoms with van der Waals surface area (Å²) in [6, 6.07) is 6.53. The lowest BCUT2D eigenvalue weighted by Gasteiger charge is -2.05. The Bertz CT molecular complexity index is 581. The Balaban J connectivity index is 2.34. The summed E-state index contributed by atoms with van der Waals surface area (Å²) >= 11 is 0. The van der Waals surface area contributed by atoms with Gasteiger partial charge in [-0.1, -0.05) is 18.2 Å². The molecule has 0 spiro atoms. The Morgan fingerprint density at radius 2 is 2.22 bits per heavy atom. The molecular weight excluding hydrogens is 237 g/mol. The summed E-state index contributed by atoms with van der Waals surface area (Å²) in [5.41, 5.74) is 5.74. The Morgan fingerprint density at radius 3 is 2.83 bits per heavy atom. The van der Waals surface area contributed by atoms with E-state index in [0.29, 0.717) is 5.56 Å². The van der Waals surface area contributed by atoms with Crippen LogP contribution in [-0.4, -0.2) is 27.7 Å². The largest absolute Gasteiger partial charge is 0.467 e. The molecule has 0 unspecified atom stereocenters. The molecule has 1 heterocycles. The molecule has 1 aromatic heterocycles. The van der Waals surface area contributed by atoms with Crippen LogP contribution in [0.5, 0.6) is 6.01 Å². The minimum absolute atomic E-state index is 0.0585. The summed E-state index contributed by atoms with van der Waals surface area (Å²) in [5, 5.41) is 11.2. The fraction of sp³-hybridized carbons (Fsp3) is 0.182. The Morgan fingerprint density at radius 1 is 1.50 bits per heavy atom. The number of amidine groups is 1. The van der Waals surface area contributed by atoms with Crippen LogP contribution in [-0.2, 0) is 6.54 Å². The van der Waals surface area contributed by atoms with Crippen LogP contribution in [0, 0.1) is 11.2 Å². The van der Waals surface area contributed by atoms with Gasteiger partial charge in [0.05, 0.1) is 13.7 Å². The van der Waals surface area contributed by atoms with Crippen molar-refractivity contribution in [2.75, 3.05) is 7.11 Å². The third kappa shape index (κ3) is 2.29. The second-order valence-electron chi connectivity index (χ2n) is 3.58. The van der Waals surface area contributed by atoms with Gasteiger partial charge in [0.2, 0.25) is 5.82 Å². The molecule has 0 fully saturated rings. The van der Waals surface area contributed by atoms with Gasteiger partial charge in [-0.05, 0) is 6.07 Å². The monoisotopic (exact) mass is 249 g/mol. The van der Waals surface area contributed by atoms with E-state index < -0.39 is 0 Å². The number of rotatable bonds is 4. The molecule has 2 aromatic rings. The van der Waals surface area contributed by atoms with E-state index in [-0.39, 0.29) is 30.0 Å². The number of nitrogens with one attached hydrogen (secondary N) is 1. The van der Waals surface area contributed by atoms with Gasteiger partial charge >= 0.3 is 6.01 Å². The predicted octanol–water partition coefficient (Wildman–Crippen LogP) is 0.758. The standard InChI is InChI=1S/C11H12FN5O/c1-18-11-15-10(9(13)14)16-17(11)6-7-4-2-3-5-8(7)12/h2-5H,6H2,1H3,(H3,13,14). The number of aromatic nitrogens is 3. The average molecular weight is 249 g/mol. The number of benzene rings is 1. The molecule has 7 heteroatoms. The number of halogens is 1. The van der Waals surface area contributed by atoms with E-state index in [1.54, 1.807) is 18.2 Å². The van der Waals surface area contributed by atoms with E-state index in [2.05, 4.69) is 10.1 Å². The molecule has 94 valence electrons. The first-order valence-corrected chi connectivity index (χ1v) is 5.18. The van der Waals surface area contributed by atoms with E-state index in [9.17, 15) is 4.39 Å². The van der Waals surface area contributed by atoms with Crippen molar-refractivity contribution in [2.24, 2.45) is 5.73 Å². The van der Waals surface area contributed by atoms with Gasteiger partial charge in [0.15, 0.2) is 5.84 Å². The third-order valence-corrected chi connectivity index (χ3v) is 2.34. The average Bonchev–Trinajstić information content (AvgIpc) is 2.75. The molecule has 2 rings (SSSR count). The van der Waals surface area contributed by atoms with Gasteiger partial charge < -0.3 is 10.5 Å². The fourth-order valence-electron chi connectivity index (χ4n) is 1.48. The molecule has 18 heavy (non-hydrogen) atoms. The minimum Gasteiger partial charge on any atom is -0.467 e. The normalized spacial score (nSPS) is 10.3. The Labute approximate surface area is 103 Å². The van der Waals surface area contributed by atoms with E-state index in [0.717, 1.165) is 0 Å². The molecule has 0 aliphatic heterocycles. The number of nitrogens with two attached hydrogens (primary N) is 1. The summed E-state index contributed by atoms with van der Waals surface area (Å²) in [5.74, 6) is -0.539. The number of nitrogens with zero attached hydrogens (tertiary/aromatic N) is 3. The van der Waals surface area contributed by atoms with E-state index in [1.165, 1.54) is 17.9 Å². The minimum atomic E-state index is -0.334. The van der Waals surface area contributed by atoms with E-state index in [4.69, 9.17) is 15.9 Å². The highest BCUT2D eigenvalue weighted by Gasteiger charge is 2.13. The van der Waals surface area contributed by atoms with Gasteiger partial charge in [-0.15, -0.1) is 5.10 Å². The van der Waals surface area contributed by atoms with Gasteiger partial charge in [0, 0.05) is 5.56 Å². The maximum atomic E-state index is 13.5. The molecule has 0 aliphatic rings. The van der Waals surface area contributed by atoms with Crippen molar-refractivity contribution in [2.45, 2.75) is 6.54 Å². The molecule has 0 bridgehead atoms. The molecule has 0 saturated heterocycles. The number of nitrogen functional groups attached to an aromatic ring is 1. The van der Waals surface area contributed by atoms with Crippen LogP contribution < -0.4 is 10.5 Å². The number of hydrogen-bond acceptors (Lipinski definition) is 4. The smallest absolute Gasteiger partial charge is 0.315 e. The molecule has 1 aromatic carbocycles. The van der Waals surface area contributed by atoms with Crippen molar-refractivity contribution in [3.05, 3.63) is 41.5 Å². The Hall–Kier alpha value is -2.44. The summed E-state index contributed by atoms with van der Waals surface area (Å²) in [6.45, 7) is 0.163. The second kappa shape index (κ2) is 4.82. The van der Waals surface area contributed by atoms with Crippen molar-refractivity contribution >= 4 is 5.84 Å². The van der Waals surface area contributed by atoms with Crippen LogP contribution in [0.25, 0.3) is 0 Å². The quantitative estimate of drug-likeness (QED) is 0.618. The number of hydrogen-bond donors (Lipinski definition) is 2. The molecule has 0 atom stereocenters. The lowest BCUT2D eigenvalue weighted by atomic mass is 10.2. The van der Waals surface area contributed by atoms with Gasteiger partial charge in [0.25, 0.3) is 0 Å². The lowest BCUT2D eigenvalue weighted by Crippen LogP contribution is -2.14. The topological polar surface area (TPSA) is 89.8 Å². The fourth-order valence-corrected chi connectivity index (χ4v) is 1.48. The van der Waals surface area contributed by atoms with Crippen LogP contribution in [0.2, 0.25) is 0 Å². The zero-order valence-electron chi connectivity index (χ0n) is 9.72. The first-order valence-electron chi connectivity index (χ1n) is 5.18. The lowest BCUT2D eigenvalue weighted by molar-refractivity contribution is 0.351. The van der Waals surface area contributed by atoms with Crippen molar-refractivity contribution in [3.8, 4) is 6.01 Å². The first-order chi connectivity index (χ1) is 8.61. The zero-order valence-corrected chi connectivity index (χ0v) is 9.72. The molecule has 0 saturated carbocycles. The summed E-state index contributed by atoms with van der Waals surface area (Å²) in [4.78, 5) is 3.91. The highest BCUT2D eigenvalue weighted by atomic mass is 19.1. The van der Waals surface area contributed by atoms with Gasteiger partial charge in [-0.3, -0.25) is 5.41 Å².